The van der Waals surface area contributed by atoms with Crippen molar-refractivity contribution in [1.82, 2.24) is 9.97 Å². The maximum atomic E-state index is 5.72. The van der Waals surface area contributed by atoms with E-state index in [0.29, 0.717) is 24.1 Å². The number of hydrazine groups is 1. The summed E-state index contributed by atoms with van der Waals surface area (Å²) in [5, 5.41) is 0. The highest BCUT2D eigenvalue weighted by molar-refractivity contribution is 5.37. The fraction of sp³-hybridized carbons (Fsp3) is 0.333. The highest BCUT2D eigenvalue weighted by Gasteiger charge is 2.05. The molecule has 3 N–H and O–H groups in total. The van der Waals surface area contributed by atoms with Crippen LogP contribution in [0.2, 0.25) is 0 Å². The van der Waals surface area contributed by atoms with Gasteiger partial charge < -0.3 is 14.9 Å². The molecule has 0 aliphatic carbocycles. The molecule has 2 aromatic rings. The van der Waals surface area contributed by atoms with Crippen LogP contribution >= 0.6 is 0 Å². The van der Waals surface area contributed by atoms with E-state index in [-0.39, 0.29) is 0 Å². The molecule has 1 heterocycles. The lowest BCUT2D eigenvalue weighted by Crippen LogP contribution is -2.11. The number of rotatable bonds is 7. The quantitative estimate of drug-likeness (QED) is 0.601. The van der Waals surface area contributed by atoms with Gasteiger partial charge in [-0.15, -0.1) is 0 Å². The second-order valence-corrected chi connectivity index (χ2v) is 4.54. The summed E-state index contributed by atoms with van der Waals surface area (Å²) in [6.45, 7) is 2.48. The average molecular weight is 288 g/mol. The average Bonchev–Trinajstić information content (AvgIpc) is 2.53. The summed E-state index contributed by atoms with van der Waals surface area (Å²) < 4.78 is 10.9. The van der Waals surface area contributed by atoms with Crippen LogP contribution < -0.4 is 20.7 Å². The number of nitrogens with two attached hydrogens (primary N) is 1. The van der Waals surface area contributed by atoms with Crippen molar-refractivity contribution in [3.8, 4) is 11.6 Å². The van der Waals surface area contributed by atoms with E-state index in [1.54, 1.807) is 13.2 Å². The largest absolute Gasteiger partial charge is 0.497 e. The van der Waals surface area contributed by atoms with Crippen molar-refractivity contribution in [1.29, 1.82) is 0 Å². The number of benzene rings is 1. The van der Waals surface area contributed by atoms with Gasteiger partial charge in [0.05, 0.1) is 7.11 Å². The van der Waals surface area contributed by atoms with Crippen LogP contribution in [-0.4, -0.2) is 17.1 Å². The van der Waals surface area contributed by atoms with Crippen LogP contribution in [0.4, 0.5) is 5.82 Å². The van der Waals surface area contributed by atoms with E-state index in [2.05, 4.69) is 22.3 Å². The van der Waals surface area contributed by atoms with Gasteiger partial charge in [-0.25, -0.2) is 10.8 Å². The van der Waals surface area contributed by atoms with Crippen LogP contribution in [0.15, 0.2) is 30.3 Å². The number of hydrogen-bond acceptors (Lipinski definition) is 6. The van der Waals surface area contributed by atoms with Gasteiger partial charge in [0.15, 0.2) is 0 Å². The van der Waals surface area contributed by atoms with Gasteiger partial charge in [-0.05, 0) is 24.1 Å². The molecule has 1 aromatic heterocycles. The van der Waals surface area contributed by atoms with Crippen molar-refractivity contribution < 1.29 is 9.47 Å². The summed E-state index contributed by atoms with van der Waals surface area (Å²) in [4.78, 5) is 8.65. The Labute approximate surface area is 124 Å². The molecule has 0 atom stereocenters. The molecule has 1 aromatic carbocycles. The summed E-state index contributed by atoms with van der Waals surface area (Å²) in [6.07, 6.45) is 1.74. The van der Waals surface area contributed by atoms with Crippen molar-refractivity contribution in [3.05, 3.63) is 41.7 Å². The Morgan fingerprint density at radius 3 is 2.81 bits per heavy atom. The van der Waals surface area contributed by atoms with Crippen LogP contribution in [-0.2, 0) is 13.0 Å². The van der Waals surface area contributed by atoms with Crippen LogP contribution in [0.25, 0.3) is 0 Å². The standard InChI is InChI=1S/C15H20N4O2/c1-3-5-13-17-14(19-16)9-15(18-13)21-10-11-6-4-7-12(8-11)20-2/h4,6-9H,3,5,10,16H2,1-2H3,(H,17,18,19). The molecule has 112 valence electrons. The van der Waals surface area contributed by atoms with E-state index >= 15 is 0 Å². The van der Waals surface area contributed by atoms with Gasteiger partial charge in [-0.2, -0.15) is 4.98 Å². The lowest BCUT2D eigenvalue weighted by molar-refractivity contribution is 0.291. The number of hydrogen-bond donors (Lipinski definition) is 2. The Hall–Kier alpha value is -2.34. The maximum absolute atomic E-state index is 5.72. The van der Waals surface area contributed by atoms with E-state index in [1.165, 1.54) is 0 Å². The highest BCUT2D eigenvalue weighted by Crippen LogP contribution is 2.17. The molecule has 2 rings (SSSR count). The molecule has 0 fully saturated rings. The first-order valence-electron chi connectivity index (χ1n) is 6.85. The molecule has 21 heavy (non-hydrogen) atoms. The number of nitrogen functional groups attached to an aromatic ring is 1. The molecule has 0 unspecified atom stereocenters. The molecule has 0 spiro atoms. The summed E-state index contributed by atoms with van der Waals surface area (Å²) in [7, 11) is 1.64. The minimum atomic E-state index is 0.407. The number of aryl methyl sites for hydroxylation is 1. The molecule has 0 saturated heterocycles. The van der Waals surface area contributed by atoms with E-state index in [4.69, 9.17) is 15.3 Å². The zero-order valence-electron chi connectivity index (χ0n) is 12.3. The molecule has 0 aliphatic heterocycles. The lowest BCUT2D eigenvalue weighted by atomic mass is 10.2. The zero-order valence-corrected chi connectivity index (χ0v) is 12.3. The van der Waals surface area contributed by atoms with Crippen LogP contribution in [0.5, 0.6) is 11.6 Å². The van der Waals surface area contributed by atoms with Gasteiger partial charge in [0.1, 0.15) is 24.0 Å². The van der Waals surface area contributed by atoms with Crippen LogP contribution in [0.1, 0.15) is 24.7 Å². The Morgan fingerprint density at radius 2 is 2.10 bits per heavy atom. The maximum Gasteiger partial charge on any atom is 0.219 e. The highest BCUT2D eigenvalue weighted by atomic mass is 16.5. The Kier molecular flexibility index (Phi) is 5.34. The molecule has 6 nitrogen and oxygen atoms in total. The fourth-order valence-electron chi connectivity index (χ4n) is 1.88. The molecule has 0 saturated carbocycles. The molecule has 0 radical (unpaired) electrons. The van der Waals surface area contributed by atoms with E-state index in [0.717, 1.165) is 24.2 Å². The number of nitrogens with one attached hydrogen (secondary N) is 1. The predicted octanol–water partition coefficient (Wildman–Crippen LogP) is 2.30. The van der Waals surface area contributed by atoms with Crippen molar-refractivity contribution in [2.75, 3.05) is 12.5 Å². The molecule has 0 amide bonds. The minimum absolute atomic E-state index is 0.407. The molecule has 0 aliphatic rings. The summed E-state index contributed by atoms with van der Waals surface area (Å²) >= 11 is 0. The molecular weight excluding hydrogens is 268 g/mol. The Bertz CT molecular complexity index is 590. The third-order valence-electron chi connectivity index (χ3n) is 2.89. The van der Waals surface area contributed by atoms with Gasteiger partial charge in [-0.3, -0.25) is 0 Å². The summed E-state index contributed by atoms with van der Waals surface area (Å²) in [6, 6.07) is 9.39. The normalized spacial score (nSPS) is 10.2. The predicted molar refractivity (Wildman–Crippen MR) is 81.2 cm³/mol. The van der Waals surface area contributed by atoms with Crippen molar-refractivity contribution in [3.63, 3.8) is 0 Å². The number of nitrogens with zero attached hydrogens (tertiary/aromatic N) is 2. The van der Waals surface area contributed by atoms with Gasteiger partial charge in [-0.1, -0.05) is 19.1 Å². The lowest BCUT2D eigenvalue weighted by Gasteiger charge is -2.09. The zero-order chi connectivity index (χ0) is 15.1. The van der Waals surface area contributed by atoms with E-state index < -0.39 is 0 Å². The van der Waals surface area contributed by atoms with Gasteiger partial charge in [0, 0.05) is 12.5 Å². The third kappa shape index (κ3) is 4.32. The second-order valence-electron chi connectivity index (χ2n) is 4.54. The van der Waals surface area contributed by atoms with E-state index in [9.17, 15) is 0 Å². The van der Waals surface area contributed by atoms with E-state index in [1.807, 2.05) is 24.3 Å². The monoisotopic (exact) mass is 288 g/mol. The third-order valence-corrected chi connectivity index (χ3v) is 2.89. The number of aromatic nitrogens is 2. The van der Waals surface area contributed by atoms with Crippen LogP contribution in [0, 0.1) is 0 Å². The fourth-order valence-corrected chi connectivity index (χ4v) is 1.88. The van der Waals surface area contributed by atoms with Crippen molar-refractivity contribution in [2.24, 2.45) is 5.84 Å². The van der Waals surface area contributed by atoms with Gasteiger partial charge >= 0.3 is 0 Å². The van der Waals surface area contributed by atoms with Crippen molar-refractivity contribution >= 4 is 5.82 Å². The van der Waals surface area contributed by atoms with Gasteiger partial charge in [0.25, 0.3) is 0 Å². The second kappa shape index (κ2) is 7.44. The first kappa shape index (κ1) is 15.1. The SMILES string of the molecule is CCCc1nc(NN)cc(OCc2cccc(OC)c2)n1. The number of ether oxygens (including phenoxy) is 2. The van der Waals surface area contributed by atoms with Gasteiger partial charge in [0.2, 0.25) is 5.88 Å². The first-order valence-corrected chi connectivity index (χ1v) is 6.85. The number of anilines is 1. The molecule has 0 bridgehead atoms. The minimum Gasteiger partial charge on any atom is -0.497 e. The topological polar surface area (TPSA) is 82.3 Å². The Morgan fingerprint density at radius 1 is 1.24 bits per heavy atom. The number of methoxy groups -OCH3 is 1. The van der Waals surface area contributed by atoms with Crippen LogP contribution in [0.3, 0.4) is 0 Å². The van der Waals surface area contributed by atoms with Crippen molar-refractivity contribution in [2.45, 2.75) is 26.4 Å². The summed E-state index contributed by atoms with van der Waals surface area (Å²) in [5.74, 6) is 7.99. The molecular formula is C15H20N4O2. The smallest absolute Gasteiger partial charge is 0.219 e. The Balaban J connectivity index is 2.09. The first-order chi connectivity index (χ1) is 10.2. The molecule has 6 heteroatoms. The summed E-state index contributed by atoms with van der Waals surface area (Å²) in [5.41, 5.74) is 3.54.